The van der Waals surface area contributed by atoms with Crippen molar-refractivity contribution in [1.29, 1.82) is 0 Å². The monoisotopic (exact) mass is 225 g/mol. The van der Waals surface area contributed by atoms with Gasteiger partial charge >= 0.3 is 0 Å². The largest absolute Gasteiger partial charge is 0.263 e. The first-order valence-electron chi connectivity index (χ1n) is 5.92. The predicted molar refractivity (Wildman–Crippen MR) is 66.3 cm³/mol. The van der Waals surface area contributed by atoms with Crippen LogP contribution in [0.2, 0.25) is 5.02 Å². The molecule has 0 aromatic carbocycles. The Balaban J connectivity index is 2.10. The van der Waals surface area contributed by atoms with E-state index in [0.717, 1.165) is 11.4 Å². The van der Waals surface area contributed by atoms with E-state index in [-0.39, 0.29) is 0 Å². The maximum atomic E-state index is 5.86. The second-order valence-electron chi connectivity index (χ2n) is 4.03. The van der Waals surface area contributed by atoms with Crippen LogP contribution in [0.1, 0.15) is 51.0 Å². The smallest absolute Gasteiger partial charge is 0.0592 e. The molecule has 84 valence electrons. The average molecular weight is 226 g/mol. The summed E-state index contributed by atoms with van der Waals surface area (Å²) in [5.74, 6) is 0. The Hall–Kier alpha value is -0.560. The van der Waals surface area contributed by atoms with E-state index in [2.05, 4.69) is 11.9 Å². The van der Waals surface area contributed by atoms with E-state index < -0.39 is 0 Å². The molecule has 1 heterocycles. The summed E-state index contributed by atoms with van der Waals surface area (Å²) < 4.78 is 0. The van der Waals surface area contributed by atoms with Crippen molar-refractivity contribution in [2.24, 2.45) is 0 Å². The molecule has 1 nitrogen and oxygen atoms in total. The van der Waals surface area contributed by atoms with E-state index in [1.54, 1.807) is 6.20 Å². The minimum absolute atomic E-state index is 0.749. The molecule has 0 unspecified atom stereocenters. The molecule has 2 heteroatoms. The van der Waals surface area contributed by atoms with Crippen molar-refractivity contribution < 1.29 is 0 Å². The molecule has 0 aliphatic rings. The van der Waals surface area contributed by atoms with Gasteiger partial charge in [-0.1, -0.05) is 50.6 Å². The van der Waals surface area contributed by atoms with Gasteiger partial charge in [0.15, 0.2) is 0 Å². The van der Waals surface area contributed by atoms with E-state index in [1.165, 1.54) is 44.1 Å². The van der Waals surface area contributed by atoms with Crippen molar-refractivity contribution in [2.45, 2.75) is 51.9 Å². The van der Waals surface area contributed by atoms with E-state index in [9.17, 15) is 0 Å². The average Bonchev–Trinajstić information content (AvgIpc) is 2.23. The minimum Gasteiger partial charge on any atom is -0.263 e. The van der Waals surface area contributed by atoms with Gasteiger partial charge in [0, 0.05) is 12.4 Å². The number of nitrogens with zero attached hydrogens (tertiary/aromatic N) is 1. The van der Waals surface area contributed by atoms with Gasteiger partial charge in [-0.05, 0) is 24.5 Å². The summed E-state index contributed by atoms with van der Waals surface area (Å²) in [5, 5.41) is 0.749. The fourth-order valence-corrected chi connectivity index (χ4v) is 1.90. The van der Waals surface area contributed by atoms with Crippen molar-refractivity contribution >= 4 is 11.6 Å². The van der Waals surface area contributed by atoms with Gasteiger partial charge < -0.3 is 0 Å². The number of rotatable bonds is 7. The van der Waals surface area contributed by atoms with Crippen molar-refractivity contribution in [3.05, 3.63) is 29.0 Å². The lowest BCUT2D eigenvalue weighted by atomic mass is 10.1. The second-order valence-corrected chi connectivity index (χ2v) is 4.47. The lowest BCUT2D eigenvalue weighted by Gasteiger charge is -2.01. The van der Waals surface area contributed by atoms with Gasteiger partial charge in [0.1, 0.15) is 0 Å². The summed E-state index contributed by atoms with van der Waals surface area (Å²) in [6, 6.07) is 2.01. The molecule has 0 spiro atoms. The Bertz CT molecular complexity index is 273. The quantitative estimate of drug-likeness (QED) is 0.617. The normalized spacial score (nSPS) is 10.5. The van der Waals surface area contributed by atoms with Crippen LogP contribution < -0.4 is 0 Å². The number of unbranched alkanes of at least 4 members (excludes halogenated alkanes) is 5. The number of hydrogen-bond acceptors (Lipinski definition) is 1. The zero-order chi connectivity index (χ0) is 10.9. The van der Waals surface area contributed by atoms with Crippen LogP contribution in [0.4, 0.5) is 0 Å². The summed E-state index contributed by atoms with van der Waals surface area (Å²) in [6.45, 7) is 2.25. The summed E-state index contributed by atoms with van der Waals surface area (Å²) in [4.78, 5) is 4.08. The molecule has 0 fully saturated rings. The van der Waals surface area contributed by atoms with Crippen molar-refractivity contribution in [1.82, 2.24) is 4.98 Å². The molecule has 0 amide bonds. The molecular formula is C13H20ClN. The Morgan fingerprint density at radius 1 is 1.07 bits per heavy atom. The highest BCUT2D eigenvalue weighted by molar-refractivity contribution is 6.30. The van der Waals surface area contributed by atoms with E-state index in [0.29, 0.717) is 0 Å². The van der Waals surface area contributed by atoms with E-state index >= 15 is 0 Å². The lowest BCUT2D eigenvalue weighted by Crippen LogP contribution is -1.87. The third-order valence-corrected chi connectivity index (χ3v) is 2.79. The first-order valence-corrected chi connectivity index (χ1v) is 6.30. The topological polar surface area (TPSA) is 12.9 Å². The molecule has 1 aromatic rings. The number of halogens is 1. The Morgan fingerprint density at radius 3 is 2.53 bits per heavy atom. The third kappa shape index (κ3) is 5.78. The highest BCUT2D eigenvalue weighted by atomic mass is 35.5. The highest BCUT2D eigenvalue weighted by Crippen LogP contribution is 2.12. The number of hydrogen-bond donors (Lipinski definition) is 0. The van der Waals surface area contributed by atoms with Crippen LogP contribution in [0.25, 0.3) is 0 Å². The molecule has 0 radical (unpaired) electrons. The van der Waals surface area contributed by atoms with E-state index in [1.807, 2.05) is 12.3 Å². The van der Waals surface area contributed by atoms with Crippen LogP contribution in [0.15, 0.2) is 18.5 Å². The molecule has 0 saturated heterocycles. The van der Waals surface area contributed by atoms with Gasteiger partial charge in [-0.25, -0.2) is 0 Å². The molecule has 1 rings (SSSR count). The molecule has 15 heavy (non-hydrogen) atoms. The maximum Gasteiger partial charge on any atom is 0.0592 e. The van der Waals surface area contributed by atoms with Crippen LogP contribution in [-0.4, -0.2) is 4.98 Å². The van der Waals surface area contributed by atoms with Crippen molar-refractivity contribution in [2.75, 3.05) is 0 Å². The van der Waals surface area contributed by atoms with Gasteiger partial charge in [0.2, 0.25) is 0 Å². The zero-order valence-electron chi connectivity index (χ0n) is 9.51. The lowest BCUT2D eigenvalue weighted by molar-refractivity contribution is 0.607. The Kier molecular flexibility index (Phi) is 6.42. The first-order chi connectivity index (χ1) is 7.33. The summed E-state index contributed by atoms with van der Waals surface area (Å²) >= 11 is 5.86. The zero-order valence-corrected chi connectivity index (χ0v) is 10.3. The van der Waals surface area contributed by atoms with Gasteiger partial charge in [0.05, 0.1) is 5.02 Å². The van der Waals surface area contributed by atoms with E-state index in [4.69, 9.17) is 11.6 Å². The summed E-state index contributed by atoms with van der Waals surface area (Å²) in [5.41, 5.74) is 1.26. The van der Waals surface area contributed by atoms with Crippen LogP contribution >= 0.6 is 11.6 Å². The van der Waals surface area contributed by atoms with Gasteiger partial charge in [-0.2, -0.15) is 0 Å². The van der Waals surface area contributed by atoms with Gasteiger partial charge in [-0.15, -0.1) is 0 Å². The van der Waals surface area contributed by atoms with Crippen LogP contribution in [0, 0.1) is 0 Å². The molecule has 0 saturated carbocycles. The molecule has 0 atom stereocenters. The standard InChI is InChI=1S/C13H20ClN/c1-2-3-4-5-6-7-8-12-9-13(14)11-15-10-12/h9-11H,2-8H2,1H3. The maximum absolute atomic E-state index is 5.86. The van der Waals surface area contributed by atoms with Crippen LogP contribution in [0.3, 0.4) is 0 Å². The van der Waals surface area contributed by atoms with Crippen LogP contribution in [-0.2, 0) is 6.42 Å². The fraction of sp³-hybridized carbons (Fsp3) is 0.615. The van der Waals surface area contributed by atoms with Crippen molar-refractivity contribution in [3.8, 4) is 0 Å². The Morgan fingerprint density at radius 2 is 1.80 bits per heavy atom. The number of aromatic nitrogens is 1. The molecular weight excluding hydrogens is 206 g/mol. The molecule has 0 aliphatic carbocycles. The third-order valence-electron chi connectivity index (χ3n) is 2.58. The second kappa shape index (κ2) is 7.70. The number of aryl methyl sites for hydroxylation is 1. The number of pyridine rings is 1. The first kappa shape index (κ1) is 12.5. The molecule has 1 aromatic heterocycles. The summed E-state index contributed by atoms with van der Waals surface area (Å²) in [6.07, 6.45) is 12.7. The fourth-order valence-electron chi connectivity index (χ4n) is 1.70. The SMILES string of the molecule is CCCCCCCCc1cncc(Cl)c1. The highest BCUT2D eigenvalue weighted by Gasteiger charge is 1.95. The van der Waals surface area contributed by atoms with Gasteiger partial charge in [-0.3, -0.25) is 4.98 Å². The van der Waals surface area contributed by atoms with Gasteiger partial charge in [0.25, 0.3) is 0 Å². The van der Waals surface area contributed by atoms with Crippen molar-refractivity contribution in [3.63, 3.8) is 0 Å². The summed E-state index contributed by atoms with van der Waals surface area (Å²) in [7, 11) is 0. The molecule has 0 bridgehead atoms. The van der Waals surface area contributed by atoms with Crippen LogP contribution in [0.5, 0.6) is 0 Å². The minimum atomic E-state index is 0.749. The predicted octanol–water partition coefficient (Wildman–Crippen LogP) is 4.64. The molecule has 0 aliphatic heterocycles. The Labute approximate surface area is 97.9 Å². The molecule has 0 N–H and O–H groups in total.